The van der Waals surface area contributed by atoms with Crippen molar-refractivity contribution in [1.29, 1.82) is 0 Å². The average Bonchev–Trinajstić information content (AvgIpc) is 2.90. The lowest BCUT2D eigenvalue weighted by atomic mass is 9.54. The molecular weight excluding hydrogens is 270 g/mol. The largest absolute Gasteiger partial charge is 0.378 e. The first-order valence-corrected chi connectivity index (χ1v) is 8.59. The highest BCUT2D eigenvalue weighted by Gasteiger charge is 2.57. The van der Waals surface area contributed by atoms with Crippen molar-refractivity contribution in [2.75, 3.05) is 18.6 Å². The van der Waals surface area contributed by atoms with Crippen LogP contribution in [0.25, 0.3) is 0 Å². The Bertz CT molecular complexity index is 456. The smallest absolute Gasteiger partial charge is 0.205 e. The summed E-state index contributed by atoms with van der Waals surface area (Å²) >= 11 is 1.52. The van der Waals surface area contributed by atoms with E-state index in [4.69, 9.17) is 4.74 Å². The summed E-state index contributed by atoms with van der Waals surface area (Å²) in [6.07, 6.45) is 8.30. The lowest BCUT2D eigenvalue weighted by Gasteiger charge is -2.60. The molecule has 0 amide bonds. The summed E-state index contributed by atoms with van der Waals surface area (Å²) in [6, 6.07) is 0.576. The molecule has 0 aliphatic heterocycles. The molecular formula is C15H25N3OS. The molecule has 0 radical (unpaired) electrons. The van der Waals surface area contributed by atoms with Gasteiger partial charge in [0.25, 0.3) is 0 Å². The number of aromatic nitrogens is 2. The highest BCUT2D eigenvalue weighted by Crippen LogP contribution is 2.55. The molecule has 1 spiro atoms. The Hall–Kier alpha value is -0.680. The van der Waals surface area contributed by atoms with Gasteiger partial charge in [0.2, 0.25) is 5.13 Å². The van der Waals surface area contributed by atoms with Gasteiger partial charge in [0, 0.05) is 36.6 Å². The van der Waals surface area contributed by atoms with Crippen LogP contribution in [-0.4, -0.2) is 35.2 Å². The molecule has 4 nitrogen and oxygen atoms in total. The molecule has 0 N–H and O–H groups in total. The van der Waals surface area contributed by atoms with E-state index in [-0.39, 0.29) is 0 Å². The number of hydrogen-bond donors (Lipinski definition) is 0. The summed E-state index contributed by atoms with van der Waals surface area (Å²) in [4.78, 5) is 6.92. The van der Waals surface area contributed by atoms with Crippen molar-refractivity contribution < 1.29 is 4.74 Å². The molecule has 3 rings (SSSR count). The number of aryl methyl sites for hydroxylation is 1. The minimum absolute atomic E-state index is 0.364. The summed E-state index contributed by atoms with van der Waals surface area (Å²) in [5, 5.41) is 1.06. The van der Waals surface area contributed by atoms with E-state index in [1.807, 2.05) is 6.92 Å². The van der Waals surface area contributed by atoms with Crippen molar-refractivity contribution in [2.24, 2.45) is 5.41 Å². The van der Waals surface area contributed by atoms with Crippen LogP contribution >= 0.6 is 11.5 Å². The van der Waals surface area contributed by atoms with Gasteiger partial charge in [0.05, 0.1) is 6.10 Å². The Morgan fingerprint density at radius 2 is 2.10 bits per heavy atom. The third-order valence-electron chi connectivity index (χ3n) is 5.18. The molecule has 0 saturated heterocycles. The molecule has 1 heterocycles. The first kappa shape index (κ1) is 14.3. The second kappa shape index (κ2) is 5.60. The van der Waals surface area contributed by atoms with Gasteiger partial charge in [-0.2, -0.15) is 4.37 Å². The zero-order valence-electron chi connectivity index (χ0n) is 12.8. The van der Waals surface area contributed by atoms with E-state index in [2.05, 4.69) is 28.2 Å². The van der Waals surface area contributed by atoms with Crippen molar-refractivity contribution in [3.8, 4) is 0 Å². The van der Waals surface area contributed by atoms with E-state index >= 15 is 0 Å². The summed E-state index contributed by atoms with van der Waals surface area (Å²) < 4.78 is 10.4. The Labute approximate surface area is 125 Å². The van der Waals surface area contributed by atoms with Gasteiger partial charge in [-0.1, -0.05) is 19.3 Å². The molecule has 2 fully saturated rings. The minimum Gasteiger partial charge on any atom is -0.378 e. The molecule has 5 heteroatoms. The number of anilines is 1. The van der Waals surface area contributed by atoms with E-state index in [0.29, 0.717) is 17.6 Å². The van der Waals surface area contributed by atoms with Crippen LogP contribution in [0.2, 0.25) is 0 Å². The molecule has 2 unspecified atom stereocenters. The van der Waals surface area contributed by atoms with Gasteiger partial charge in [-0.05, 0) is 33.1 Å². The number of rotatable bonds is 4. The van der Waals surface area contributed by atoms with Gasteiger partial charge in [-0.25, -0.2) is 4.98 Å². The first-order valence-electron chi connectivity index (χ1n) is 7.82. The zero-order chi connectivity index (χ0) is 14.2. The highest BCUT2D eigenvalue weighted by atomic mass is 32.1. The Morgan fingerprint density at radius 3 is 2.70 bits per heavy atom. The van der Waals surface area contributed by atoms with Crippen molar-refractivity contribution in [1.82, 2.24) is 9.36 Å². The molecule has 2 aliphatic carbocycles. The minimum atomic E-state index is 0.364. The monoisotopic (exact) mass is 295 g/mol. The van der Waals surface area contributed by atoms with Crippen LogP contribution in [-0.2, 0) is 4.74 Å². The molecule has 1 aromatic rings. The van der Waals surface area contributed by atoms with Gasteiger partial charge in [0.1, 0.15) is 5.82 Å². The van der Waals surface area contributed by atoms with Crippen LogP contribution in [0.5, 0.6) is 0 Å². The maximum absolute atomic E-state index is 6.03. The van der Waals surface area contributed by atoms with Crippen LogP contribution in [0.15, 0.2) is 0 Å². The second-order valence-corrected chi connectivity index (χ2v) is 6.95. The third kappa shape index (κ3) is 2.25. The Morgan fingerprint density at radius 1 is 1.35 bits per heavy atom. The van der Waals surface area contributed by atoms with Crippen molar-refractivity contribution in [3.63, 3.8) is 0 Å². The van der Waals surface area contributed by atoms with Gasteiger partial charge in [-0.15, -0.1) is 0 Å². The van der Waals surface area contributed by atoms with Crippen molar-refractivity contribution >= 4 is 16.7 Å². The fourth-order valence-electron chi connectivity index (χ4n) is 4.13. The predicted molar refractivity (Wildman–Crippen MR) is 82.4 cm³/mol. The predicted octanol–water partition coefficient (Wildman–Crippen LogP) is 3.41. The van der Waals surface area contributed by atoms with Crippen LogP contribution in [0, 0.1) is 12.3 Å². The zero-order valence-corrected chi connectivity index (χ0v) is 13.6. The topological polar surface area (TPSA) is 38.2 Å². The lowest BCUT2D eigenvalue weighted by molar-refractivity contribution is -0.141. The summed E-state index contributed by atoms with van der Waals surface area (Å²) in [6.45, 7) is 4.91. The van der Waals surface area contributed by atoms with Gasteiger partial charge in [-0.3, -0.25) is 0 Å². The lowest BCUT2D eigenvalue weighted by Crippen LogP contribution is -2.65. The fourth-order valence-corrected chi connectivity index (χ4v) is 4.82. The molecule has 1 aromatic heterocycles. The van der Waals surface area contributed by atoms with Crippen LogP contribution in [0.3, 0.4) is 0 Å². The molecule has 0 aromatic carbocycles. The van der Waals surface area contributed by atoms with E-state index in [1.54, 1.807) is 0 Å². The van der Waals surface area contributed by atoms with Gasteiger partial charge in [0.15, 0.2) is 0 Å². The first-order chi connectivity index (χ1) is 9.67. The number of ether oxygens (including phenoxy) is 1. The Kier molecular flexibility index (Phi) is 4.00. The van der Waals surface area contributed by atoms with E-state index < -0.39 is 0 Å². The summed E-state index contributed by atoms with van der Waals surface area (Å²) in [7, 11) is 2.18. The standard InChI is InChI=1S/C15H25N3OS/c1-4-19-13-10-12(15(13)8-6-5-7-9-15)18(3)14-16-11(2)17-20-14/h12-13H,4-10H2,1-3H3. The van der Waals surface area contributed by atoms with E-state index in [0.717, 1.165) is 24.0 Å². The molecule has 112 valence electrons. The van der Waals surface area contributed by atoms with Crippen molar-refractivity contribution in [2.45, 2.75) is 64.5 Å². The van der Waals surface area contributed by atoms with Gasteiger partial charge >= 0.3 is 0 Å². The molecule has 2 aliphatic rings. The maximum atomic E-state index is 6.03. The third-order valence-corrected chi connectivity index (χ3v) is 6.08. The molecule has 20 heavy (non-hydrogen) atoms. The number of nitrogens with zero attached hydrogens (tertiary/aromatic N) is 3. The van der Waals surface area contributed by atoms with Crippen LogP contribution in [0.1, 0.15) is 51.3 Å². The second-order valence-electron chi connectivity index (χ2n) is 6.22. The van der Waals surface area contributed by atoms with Crippen LogP contribution < -0.4 is 4.90 Å². The molecule has 2 saturated carbocycles. The quantitative estimate of drug-likeness (QED) is 0.853. The summed E-state index contributed by atoms with van der Waals surface area (Å²) in [5.74, 6) is 0.884. The van der Waals surface area contributed by atoms with E-state index in [9.17, 15) is 0 Å². The van der Waals surface area contributed by atoms with E-state index in [1.165, 1.54) is 43.6 Å². The average molecular weight is 295 g/mol. The SMILES string of the molecule is CCOC1CC(N(C)c2nc(C)ns2)C12CCCCC2. The number of hydrogen-bond acceptors (Lipinski definition) is 5. The normalized spacial score (nSPS) is 28.4. The molecule has 0 bridgehead atoms. The van der Waals surface area contributed by atoms with Gasteiger partial charge < -0.3 is 9.64 Å². The van der Waals surface area contributed by atoms with Crippen LogP contribution in [0.4, 0.5) is 5.13 Å². The Balaban J connectivity index is 1.78. The van der Waals surface area contributed by atoms with Crippen molar-refractivity contribution in [3.05, 3.63) is 5.82 Å². The fraction of sp³-hybridized carbons (Fsp3) is 0.867. The maximum Gasteiger partial charge on any atom is 0.205 e. The molecule has 2 atom stereocenters. The summed E-state index contributed by atoms with van der Waals surface area (Å²) in [5.41, 5.74) is 0.364. The highest BCUT2D eigenvalue weighted by molar-refractivity contribution is 7.09.